The minimum Gasteiger partial charge on any atom is -0.505 e. The molecule has 0 aliphatic rings. The molecule has 0 bridgehead atoms. The number of hydrogen-bond acceptors (Lipinski definition) is 5. The third-order valence-electron chi connectivity index (χ3n) is 3.86. The van der Waals surface area contributed by atoms with Crippen molar-refractivity contribution in [1.29, 1.82) is 5.26 Å². The maximum atomic E-state index is 12.2. The van der Waals surface area contributed by atoms with E-state index in [1.165, 1.54) is 0 Å². The third-order valence-corrected chi connectivity index (χ3v) is 4.46. The number of nitrogens with one attached hydrogen (secondary N) is 1. The van der Waals surface area contributed by atoms with E-state index in [1.807, 2.05) is 36.4 Å². The highest BCUT2D eigenvalue weighted by Crippen LogP contribution is 2.37. The molecule has 0 saturated heterocycles. The van der Waals surface area contributed by atoms with Gasteiger partial charge in [0.1, 0.15) is 12.6 Å². The molecule has 3 N–H and O–H groups in total. The van der Waals surface area contributed by atoms with E-state index in [9.17, 15) is 20.0 Å². The van der Waals surface area contributed by atoms with Crippen LogP contribution in [0.1, 0.15) is 21.7 Å². The Morgan fingerprint density at radius 2 is 2.00 bits per heavy atom. The number of halogens is 1. The van der Waals surface area contributed by atoms with Crippen molar-refractivity contribution in [3.05, 3.63) is 58.0 Å². The highest BCUT2D eigenvalue weighted by atomic mass is 79.9. The number of aromatic hydroxyl groups is 1. The molecular weight excluding hydrogens is 416 g/mol. The highest BCUT2D eigenvalue weighted by molar-refractivity contribution is 9.10. The Morgan fingerprint density at radius 3 is 2.63 bits per heavy atom. The summed E-state index contributed by atoms with van der Waals surface area (Å²) >= 11 is 3.35. The first-order valence-electron chi connectivity index (χ1n) is 7.77. The summed E-state index contributed by atoms with van der Waals surface area (Å²) in [6.45, 7) is -0.195. The molecule has 9 heteroatoms. The van der Waals surface area contributed by atoms with Gasteiger partial charge in [0, 0.05) is 17.2 Å². The topological polar surface area (TPSA) is 128 Å². The fourth-order valence-corrected chi connectivity index (χ4v) is 3.34. The van der Waals surface area contributed by atoms with Gasteiger partial charge in [-0.1, -0.05) is 30.3 Å². The number of aromatic nitrogens is 2. The van der Waals surface area contributed by atoms with Crippen LogP contribution in [0.15, 0.2) is 41.0 Å². The van der Waals surface area contributed by atoms with Gasteiger partial charge in [-0.25, -0.2) is 4.98 Å². The van der Waals surface area contributed by atoms with Gasteiger partial charge in [0.25, 0.3) is 5.91 Å². The lowest BCUT2D eigenvalue weighted by atomic mass is 10.1. The van der Waals surface area contributed by atoms with E-state index in [0.29, 0.717) is 16.5 Å². The van der Waals surface area contributed by atoms with E-state index in [1.54, 1.807) is 10.8 Å². The number of nitriles is 1. The third kappa shape index (κ3) is 3.61. The quantitative estimate of drug-likeness (QED) is 0.571. The number of carboxylic acid groups (broad SMARTS) is 1. The maximum absolute atomic E-state index is 12.2. The molecule has 0 aliphatic heterocycles. The van der Waals surface area contributed by atoms with Gasteiger partial charge in [-0.3, -0.25) is 9.59 Å². The summed E-state index contributed by atoms with van der Waals surface area (Å²) in [5.74, 6) is -2.54. The molecule has 0 atom stereocenters. The minimum absolute atomic E-state index is 0.0510. The second-order valence-electron chi connectivity index (χ2n) is 5.66. The molecular formula is C18H13BrN4O4. The molecule has 136 valence electrons. The first-order valence-corrected chi connectivity index (χ1v) is 8.57. The molecule has 0 spiro atoms. The monoisotopic (exact) mass is 428 g/mol. The van der Waals surface area contributed by atoms with Crippen molar-refractivity contribution in [2.24, 2.45) is 0 Å². The number of carbonyl (C=O) groups excluding carboxylic acids is 1. The zero-order valence-corrected chi connectivity index (χ0v) is 15.4. The van der Waals surface area contributed by atoms with Crippen LogP contribution in [0.25, 0.3) is 10.9 Å². The lowest BCUT2D eigenvalue weighted by Crippen LogP contribution is -2.30. The number of benzene rings is 1. The lowest BCUT2D eigenvalue weighted by Gasteiger charge is -2.10. The van der Waals surface area contributed by atoms with E-state index >= 15 is 0 Å². The van der Waals surface area contributed by atoms with E-state index in [0.717, 1.165) is 5.56 Å². The van der Waals surface area contributed by atoms with Crippen molar-refractivity contribution < 1.29 is 19.8 Å². The number of rotatable bonds is 5. The molecule has 0 aliphatic carbocycles. The predicted octanol–water partition coefficient (Wildman–Crippen LogP) is 2.24. The number of nitrogens with zero attached hydrogens (tertiary/aromatic N) is 3. The minimum atomic E-state index is -1.24. The van der Waals surface area contributed by atoms with Gasteiger partial charge in [-0.15, -0.1) is 0 Å². The number of aliphatic carboxylic acids is 1. The second kappa shape index (κ2) is 7.47. The van der Waals surface area contributed by atoms with E-state index in [4.69, 9.17) is 5.11 Å². The number of hydrogen-bond donors (Lipinski definition) is 3. The number of carboxylic acids is 1. The summed E-state index contributed by atoms with van der Waals surface area (Å²) in [6.07, 6.45) is 1.69. The Hall–Kier alpha value is -3.38. The van der Waals surface area contributed by atoms with Gasteiger partial charge in [0.15, 0.2) is 17.1 Å². The van der Waals surface area contributed by atoms with Gasteiger partial charge >= 0.3 is 5.97 Å². The Morgan fingerprint density at radius 1 is 1.30 bits per heavy atom. The molecule has 3 rings (SSSR count). The molecule has 1 aromatic carbocycles. The van der Waals surface area contributed by atoms with Crippen molar-refractivity contribution in [1.82, 2.24) is 14.9 Å². The van der Waals surface area contributed by atoms with Crippen LogP contribution < -0.4 is 5.32 Å². The molecule has 0 fully saturated rings. The zero-order valence-electron chi connectivity index (χ0n) is 13.8. The van der Waals surface area contributed by atoms with Crippen molar-refractivity contribution in [2.75, 3.05) is 6.54 Å². The van der Waals surface area contributed by atoms with Gasteiger partial charge in [0.05, 0.1) is 10.9 Å². The van der Waals surface area contributed by atoms with Gasteiger partial charge in [-0.2, -0.15) is 5.26 Å². The fourth-order valence-electron chi connectivity index (χ4n) is 2.72. The predicted molar refractivity (Wildman–Crippen MR) is 99.3 cm³/mol. The lowest BCUT2D eigenvalue weighted by molar-refractivity contribution is -0.135. The van der Waals surface area contributed by atoms with Crippen molar-refractivity contribution in [3.63, 3.8) is 0 Å². The van der Waals surface area contributed by atoms with Crippen LogP contribution >= 0.6 is 15.9 Å². The van der Waals surface area contributed by atoms with Crippen LogP contribution in [-0.2, 0) is 11.3 Å². The summed E-state index contributed by atoms with van der Waals surface area (Å²) in [5.41, 5.74) is 0.900. The van der Waals surface area contributed by atoms with E-state index < -0.39 is 29.9 Å². The average Bonchev–Trinajstić information content (AvgIpc) is 2.97. The first-order chi connectivity index (χ1) is 12.9. The largest absolute Gasteiger partial charge is 0.505 e. The Balaban J connectivity index is 2.13. The molecule has 2 heterocycles. The average molecular weight is 429 g/mol. The van der Waals surface area contributed by atoms with Crippen molar-refractivity contribution >= 4 is 38.7 Å². The summed E-state index contributed by atoms with van der Waals surface area (Å²) in [6, 6.07) is 11.5. The normalized spacial score (nSPS) is 10.5. The highest BCUT2D eigenvalue weighted by Gasteiger charge is 2.24. The van der Waals surface area contributed by atoms with Crippen LogP contribution in [0, 0.1) is 11.3 Å². The Kier molecular flexibility index (Phi) is 5.09. The van der Waals surface area contributed by atoms with Crippen LogP contribution in [0.2, 0.25) is 0 Å². The van der Waals surface area contributed by atoms with Gasteiger partial charge < -0.3 is 20.1 Å². The first kappa shape index (κ1) is 18.4. The Labute approximate surface area is 161 Å². The smallest absolute Gasteiger partial charge is 0.322 e. The summed E-state index contributed by atoms with van der Waals surface area (Å²) in [4.78, 5) is 26.7. The second-order valence-corrected chi connectivity index (χ2v) is 6.51. The summed E-state index contributed by atoms with van der Waals surface area (Å²) in [7, 11) is 0. The van der Waals surface area contributed by atoms with Crippen LogP contribution in [0.5, 0.6) is 5.75 Å². The van der Waals surface area contributed by atoms with E-state index in [-0.39, 0.29) is 11.1 Å². The molecule has 0 saturated carbocycles. The number of amides is 1. The van der Waals surface area contributed by atoms with Crippen molar-refractivity contribution in [3.8, 4) is 11.8 Å². The molecule has 0 unspecified atom stereocenters. The Bertz CT molecular complexity index is 1090. The standard InChI is InChI=1S/C18H13BrN4O4/c19-11-9-23(8-10-4-2-1-3-5-10)16-12(6-20)22-15(17(26)14(11)16)18(27)21-7-13(24)25/h1-5,9,26H,7-8H2,(H,21,27)(H,24,25). The molecule has 0 radical (unpaired) electrons. The van der Waals surface area contributed by atoms with E-state index in [2.05, 4.69) is 26.2 Å². The molecule has 8 nitrogen and oxygen atoms in total. The molecule has 2 aromatic heterocycles. The molecule has 1 amide bonds. The summed E-state index contributed by atoms with van der Waals surface area (Å²) in [5, 5.41) is 31.1. The van der Waals surface area contributed by atoms with Crippen molar-refractivity contribution in [2.45, 2.75) is 6.54 Å². The van der Waals surface area contributed by atoms with Crippen LogP contribution in [0.4, 0.5) is 0 Å². The summed E-state index contributed by atoms with van der Waals surface area (Å²) < 4.78 is 2.23. The maximum Gasteiger partial charge on any atom is 0.322 e. The number of carbonyl (C=O) groups is 2. The number of fused-ring (bicyclic) bond motifs is 1. The molecule has 27 heavy (non-hydrogen) atoms. The fraction of sp³-hybridized carbons (Fsp3) is 0.111. The van der Waals surface area contributed by atoms with Crippen LogP contribution in [0.3, 0.4) is 0 Å². The van der Waals surface area contributed by atoms with Gasteiger partial charge in [0.2, 0.25) is 0 Å². The zero-order chi connectivity index (χ0) is 19.6. The van der Waals surface area contributed by atoms with Crippen LogP contribution in [-0.4, -0.2) is 38.2 Å². The number of pyridine rings is 1. The SMILES string of the molecule is N#Cc1nc(C(=O)NCC(=O)O)c(O)c2c(Br)cn(Cc3ccccc3)c12. The van der Waals surface area contributed by atoms with Gasteiger partial charge in [-0.05, 0) is 21.5 Å². The molecule has 3 aromatic rings.